The highest BCUT2D eigenvalue weighted by molar-refractivity contribution is 6.06. The molecule has 28 heavy (non-hydrogen) atoms. The van der Waals surface area contributed by atoms with Gasteiger partial charge in [0.1, 0.15) is 17.4 Å². The minimum absolute atomic E-state index is 0.0737. The van der Waals surface area contributed by atoms with Gasteiger partial charge in [-0.05, 0) is 25.1 Å². The number of carbonyl (C=O) groups excluding carboxylic acids is 2. The van der Waals surface area contributed by atoms with Crippen LogP contribution >= 0.6 is 0 Å². The minimum Gasteiger partial charge on any atom is -0.454 e. The average molecular weight is 402 g/mol. The summed E-state index contributed by atoms with van der Waals surface area (Å²) in [5, 5.41) is 16.0. The van der Waals surface area contributed by atoms with Crippen molar-refractivity contribution in [3.8, 4) is 17.6 Å². The summed E-state index contributed by atoms with van der Waals surface area (Å²) in [6.45, 7) is -5.94. The molecule has 1 rings (SSSR count). The molecular formula is C17H14F4N2O5. The number of halogens is 4. The molecule has 0 saturated heterocycles. The predicted molar refractivity (Wildman–Crippen MR) is 87.2 cm³/mol. The summed E-state index contributed by atoms with van der Waals surface area (Å²) in [6.07, 6.45) is 1.79. The van der Waals surface area contributed by atoms with Gasteiger partial charge < -0.3 is 19.6 Å². The summed E-state index contributed by atoms with van der Waals surface area (Å²) in [6, 6.07) is 4.52. The average Bonchev–Trinajstić information content (AvgIpc) is 2.58. The molecule has 0 spiro atoms. The van der Waals surface area contributed by atoms with Gasteiger partial charge in [-0.1, -0.05) is 0 Å². The molecule has 0 amide bonds. The molecule has 1 aromatic carbocycles. The minimum atomic E-state index is -3.26. The van der Waals surface area contributed by atoms with Crippen LogP contribution in [0.1, 0.15) is 12.5 Å². The van der Waals surface area contributed by atoms with Crippen molar-refractivity contribution in [1.82, 2.24) is 0 Å². The molecule has 11 heteroatoms. The number of ether oxygens (including phenoxy) is 3. The van der Waals surface area contributed by atoms with Crippen molar-refractivity contribution in [2.24, 2.45) is 5.92 Å². The lowest BCUT2D eigenvalue weighted by Gasteiger charge is -2.11. The molecule has 0 saturated carbocycles. The molecule has 0 aliphatic carbocycles. The van der Waals surface area contributed by atoms with Crippen molar-refractivity contribution < 1.29 is 41.4 Å². The smallest absolute Gasteiger partial charge is 0.387 e. The lowest BCUT2D eigenvalue weighted by Crippen LogP contribution is -2.25. The van der Waals surface area contributed by atoms with Gasteiger partial charge in [0.2, 0.25) is 0 Å². The number of ketones is 1. The van der Waals surface area contributed by atoms with E-state index in [9.17, 15) is 27.2 Å². The number of benzene rings is 1. The normalized spacial score (nSPS) is 11.9. The van der Waals surface area contributed by atoms with E-state index < -0.39 is 49.0 Å². The van der Waals surface area contributed by atoms with E-state index in [0.29, 0.717) is 0 Å². The van der Waals surface area contributed by atoms with Gasteiger partial charge in [-0.2, -0.15) is 22.8 Å². The van der Waals surface area contributed by atoms with Gasteiger partial charge in [-0.3, -0.25) is 4.79 Å². The number of rotatable bonds is 10. The van der Waals surface area contributed by atoms with E-state index in [2.05, 4.69) is 14.2 Å². The van der Waals surface area contributed by atoms with E-state index in [0.717, 1.165) is 30.4 Å². The Bertz CT molecular complexity index is 805. The van der Waals surface area contributed by atoms with Crippen LogP contribution in [0, 0.1) is 22.7 Å². The quantitative estimate of drug-likeness (QED) is 0.279. The molecule has 1 atom stereocenters. The zero-order chi connectivity index (χ0) is 21.3. The highest BCUT2D eigenvalue weighted by Crippen LogP contribution is 2.28. The first kappa shape index (κ1) is 22.6. The standard InChI is InChI=1S/C17H14F4N2O5/c1-9(23)12(7-22)13(24)8-26-15(25)5-3-10-2-4-11(27-16(18)19)6-14(10)28-17(20)21/h2-6,12,16-17,23H,8H2,1H3/b5-3+,23-9?. The number of hydrogen-bond acceptors (Lipinski definition) is 7. The van der Waals surface area contributed by atoms with Crippen LogP contribution in [0.4, 0.5) is 17.6 Å². The summed E-state index contributed by atoms with van der Waals surface area (Å²) in [7, 11) is 0. The second kappa shape index (κ2) is 10.7. The van der Waals surface area contributed by atoms with Crippen molar-refractivity contribution in [2.45, 2.75) is 20.1 Å². The van der Waals surface area contributed by atoms with Crippen LogP contribution in [-0.4, -0.2) is 37.3 Å². The molecule has 0 aliphatic heterocycles. The highest BCUT2D eigenvalue weighted by Gasteiger charge is 2.21. The molecule has 0 bridgehead atoms. The lowest BCUT2D eigenvalue weighted by atomic mass is 10.0. The van der Waals surface area contributed by atoms with Crippen molar-refractivity contribution in [2.75, 3.05) is 6.61 Å². The fourth-order valence-corrected chi connectivity index (χ4v) is 1.87. The molecule has 1 N–H and O–H groups in total. The van der Waals surface area contributed by atoms with E-state index in [1.807, 2.05) is 0 Å². The zero-order valence-electron chi connectivity index (χ0n) is 14.3. The Balaban J connectivity index is 2.83. The van der Waals surface area contributed by atoms with Crippen LogP contribution in [0.15, 0.2) is 24.3 Å². The number of esters is 1. The lowest BCUT2D eigenvalue weighted by molar-refractivity contribution is -0.143. The Morgan fingerprint density at radius 1 is 1.21 bits per heavy atom. The SMILES string of the molecule is CC(=N)C(C#N)C(=O)COC(=O)/C=C/c1ccc(OC(F)F)cc1OC(F)F. The number of Topliss-reactive ketones (excluding diaryl/α,β-unsaturated/α-hetero) is 1. The van der Waals surface area contributed by atoms with Crippen LogP contribution in [0.2, 0.25) is 0 Å². The maximum Gasteiger partial charge on any atom is 0.387 e. The number of nitriles is 1. The monoisotopic (exact) mass is 402 g/mol. The summed E-state index contributed by atoms with van der Waals surface area (Å²) in [4.78, 5) is 23.3. The number of carbonyl (C=O) groups is 2. The predicted octanol–water partition coefficient (Wildman–Crippen LogP) is 3.19. The first-order valence-electron chi connectivity index (χ1n) is 7.50. The molecule has 0 fully saturated rings. The van der Waals surface area contributed by atoms with Gasteiger partial charge in [0.15, 0.2) is 12.4 Å². The van der Waals surface area contributed by atoms with Crippen molar-refractivity contribution >= 4 is 23.5 Å². The largest absolute Gasteiger partial charge is 0.454 e. The molecule has 150 valence electrons. The highest BCUT2D eigenvalue weighted by atomic mass is 19.3. The molecular weight excluding hydrogens is 388 g/mol. The van der Waals surface area contributed by atoms with Crippen LogP contribution < -0.4 is 9.47 Å². The van der Waals surface area contributed by atoms with Crippen molar-refractivity contribution in [3.63, 3.8) is 0 Å². The van der Waals surface area contributed by atoms with E-state index >= 15 is 0 Å². The Morgan fingerprint density at radius 3 is 2.39 bits per heavy atom. The van der Waals surface area contributed by atoms with Gasteiger partial charge >= 0.3 is 19.2 Å². The maximum absolute atomic E-state index is 12.5. The molecule has 1 unspecified atom stereocenters. The van der Waals surface area contributed by atoms with E-state index in [1.54, 1.807) is 6.07 Å². The van der Waals surface area contributed by atoms with Gasteiger partial charge in [-0.25, -0.2) is 4.79 Å². The summed E-state index contributed by atoms with van der Waals surface area (Å²) < 4.78 is 62.2. The first-order valence-corrected chi connectivity index (χ1v) is 7.50. The Kier molecular flexibility index (Phi) is 8.61. The van der Waals surface area contributed by atoms with Crippen molar-refractivity contribution in [3.05, 3.63) is 29.8 Å². The number of alkyl halides is 4. The molecule has 1 aromatic rings. The van der Waals surface area contributed by atoms with Crippen LogP contribution in [-0.2, 0) is 14.3 Å². The first-order chi connectivity index (χ1) is 13.1. The zero-order valence-corrected chi connectivity index (χ0v) is 14.3. The third-order valence-electron chi connectivity index (χ3n) is 3.07. The third kappa shape index (κ3) is 7.45. The van der Waals surface area contributed by atoms with Crippen molar-refractivity contribution in [1.29, 1.82) is 10.7 Å². The topological polar surface area (TPSA) is 109 Å². The second-order valence-electron chi connectivity index (χ2n) is 5.11. The number of nitrogens with one attached hydrogen (secondary N) is 1. The summed E-state index contributed by atoms with van der Waals surface area (Å²) in [5.41, 5.74) is -0.283. The van der Waals surface area contributed by atoms with Crippen LogP contribution in [0.5, 0.6) is 11.5 Å². The van der Waals surface area contributed by atoms with E-state index in [-0.39, 0.29) is 11.3 Å². The third-order valence-corrected chi connectivity index (χ3v) is 3.07. The molecule has 0 aromatic heterocycles. The second-order valence-corrected chi connectivity index (χ2v) is 5.11. The van der Waals surface area contributed by atoms with Gasteiger partial charge in [0, 0.05) is 23.4 Å². The number of hydrogen-bond donors (Lipinski definition) is 1. The molecule has 0 aliphatic rings. The Hall–Kier alpha value is -3.42. The van der Waals surface area contributed by atoms with Crippen LogP contribution in [0.3, 0.4) is 0 Å². The van der Waals surface area contributed by atoms with Gasteiger partial charge in [0.05, 0.1) is 6.07 Å². The fourth-order valence-electron chi connectivity index (χ4n) is 1.87. The molecule has 0 heterocycles. The Morgan fingerprint density at radius 2 is 1.86 bits per heavy atom. The van der Waals surface area contributed by atoms with Gasteiger partial charge in [0.25, 0.3) is 0 Å². The van der Waals surface area contributed by atoms with E-state index in [4.69, 9.17) is 10.7 Å². The number of nitrogens with zero attached hydrogens (tertiary/aromatic N) is 1. The van der Waals surface area contributed by atoms with E-state index in [1.165, 1.54) is 6.92 Å². The van der Waals surface area contributed by atoms with Crippen LogP contribution in [0.25, 0.3) is 6.08 Å². The van der Waals surface area contributed by atoms with Gasteiger partial charge in [-0.15, -0.1) is 0 Å². The molecule has 7 nitrogen and oxygen atoms in total. The summed E-state index contributed by atoms with van der Waals surface area (Å²) >= 11 is 0. The fraction of sp³-hybridized carbons (Fsp3) is 0.294. The maximum atomic E-state index is 12.5. The molecule has 0 radical (unpaired) electrons. The Labute approximate surface area is 156 Å². The summed E-state index contributed by atoms with van der Waals surface area (Å²) in [5.74, 6) is -4.14.